The molecule has 80 valence electrons. The molecule has 0 atom stereocenters. The van der Waals surface area contributed by atoms with Gasteiger partial charge in [0.15, 0.2) is 4.74 Å². The van der Waals surface area contributed by atoms with Gasteiger partial charge in [0.2, 0.25) is 0 Å². The molecule has 0 saturated heterocycles. The molecule has 0 aliphatic heterocycles. The van der Waals surface area contributed by atoms with Gasteiger partial charge in [-0.1, -0.05) is 54.6 Å². The van der Waals surface area contributed by atoms with Crippen molar-refractivity contribution in [2.24, 2.45) is 0 Å². The molecule has 0 spiro atoms. The standard InChI is InChI=1S/C14H10BrF/c15-14(16)10-11-6-8-13(9-7-11)12-4-2-1-3-5-12/h1-10H/b14-10-. The topological polar surface area (TPSA) is 0 Å². The quantitative estimate of drug-likeness (QED) is 0.723. The highest BCUT2D eigenvalue weighted by Gasteiger charge is 1.96. The predicted octanol–water partition coefficient (Wildman–Crippen LogP) is 5.02. The third kappa shape index (κ3) is 2.80. The van der Waals surface area contributed by atoms with Crippen molar-refractivity contribution in [3.63, 3.8) is 0 Å². The van der Waals surface area contributed by atoms with Gasteiger partial charge in [0, 0.05) is 0 Å². The Morgan fingerprint density at radius 3 is 2.00 bits per heavy atom. The van der Waals surface area contributed by atoms with E-state index >= 15 is 0 Å². The molecule has 0 nitrogen and oxygen atoms in total. The Morgan fingerprint density at radius 1 is 0.875 bits per heavy atom. The number of benzene rings is 2. The van der Waals surface area contributed by atoms with Crippen LogP contribution in [0.1, 0.15) is 5.56 Å². The first-order valence-electron chi connectivity index (χ1n) is 4.94. The highest BCUT2D eigenvalue weighted by atomic mass is 79.9. The molecule has 2 heteroatoms. The van der Waals surface area contributed by atoms with Crippen LogP contribution >= 0.6 is 15.9 Å². The summed E-state index contributed by atoms with van der Waals surface area (Å²) in [6.45, 7) is 0. The van der Waals surface area contributed by atoms with E-state index in [0.717, 1.165) is 16.7 Å². The zero-order chi connectivity index (χ0) is 11.4. The largest absolute Gasteiger partial charge is 0.199 e. The van der Waals surface area contributed by atoms with Crippen LogP contribution in [0.3, 0.4) is 0 Å². The van der Waals surface area contributed by atoms with Crippen LogP contribution in [0.25, 0.3) is 17.2 Å². The minimum absolute atomic E-state index is 0.361. The van der Waals surface area contributed by atoms with Gasteiger partial charge in [-0.15, -0.1) is 0 Å². The third-order valence-corrected chi connectivity index (χ3v) is 2.52. The van der Waals surface area contributed by atoms with Crippen molar-refractivity contribution >= 4 is 22.0 Å². The maximum Gasteiger partial charge on any atom is 0.166 e. The molecule has 0 saturated carbocycles. The summed E-state index contributed by atoms with van der Waals surface area (Å²) < 4.78 is 12.2. The Labute approximate surface area is 103 Å². The number of hydrogen-bond acceptors (Lipinski definition) is 0. The van der Waals surface area contributed by atoms with Crippen LogP contribution in [0.4, 0.5) is 4.39 Å². The number of rotatable bonds is 2. The van der Waals surface area contributed by atoms with Crippen molar-refractivity contribution in [3.8, 4) is 11.1 Å². The zero-order valence-corrected chi connectivity index (χ0v) is 10.1. The average Bonchev–Trinajstić information content (AvgIpc) is 2.30. The van der Waals surface area contributed by atoms with E-state index in [4.69, 9.17) is 0 Å². The summed E-state index contributed by atoms with van der Waals surface area (Å²) in [5.41, 5.74) is 3.14. The third-order valence-electron chi connectivity index (χ3n) is 2.29. The lowest BCUT2D eigenvalue weighted by Crippen LogP contribution is -1.77. The summed E-state index contributed by atoms with van der Waals surface area (Å²) in [6, 6.07) is 17.8. The van der Waals surface area contributed by atoms with E-state index in [1.807, 2.05) is 42.5 Å². The van der Waals surface area contributed by atoms with Crippen LogP contribution in [0.15, 0.2) is 59.3 Å². The van der Waals surface area contributed by atoms with Gasteiger partial charge in [0.1, 0.15) is 0 Å². The zero-order valence-electron chi connectivity index (χ0n) is 8.53. The molecule has 0 radical (unpaired) electrons. The van der Waals surface area contributed by atoms with Crippen LogP contribution < -0.4 is 0 Å². The first kappa shape index (κ1) is 11.1. The number of halogens is 2. The summed E-state index contributed by atoms with van der Waals surface area (Å²) in [4.78, 5) is 0. The average molecular weight is 277 g/mol. The van der Waals surface area contributed by atoms with Crippen molar-refractivity contribution in [1.82, 2.24) is 0 Å². The molecule has 0 fully saturated rings. The minimum Gasteiger partial charge on any atom is -0.199 e. The summed E-state index contributed by atoms with van der Waals surface area (Å²) >= 11 is 2.77. The fourth-order valence-corrected chi connectivity index (χ4v) is 1.79. The molecular formula is C14H10BrF. The smallest absolute Gasteiger partial charge is 0.166 e. The van der Waals surface area contributed by atoms with Gasteiger partial charge in [0.05, 0.1) is 0 Å². The van der Waals surface area contributed by atoms with Gasteiger partial charge >= 0.3 is 0 Å². The van der Waals surface area contributed by atoms with Crippen LogP contribution in [0.2, 0.25) is 0 Å². The molecule has 0 aromatic heterocycles. The van der Waals surface area contributed by atoms with E-state index in [2.05, 4.69) is 28.1 Å². The molecule has 2 rings (SSSR count). The van der Waals surface area contributed by atoms with E-state index in [1.54, 1.807) is 0 Å². The Morgan fingerprint density at radius 2 is 1.44 bits per heavy atom. The Kier molecular flexibility index (Phi) is 3.52. The first-order valence-corrected chi connectivity index (χ1v) is 5.73. The lowest BCUT2D eigenvalue weighted by Gasteiger charge is -2.01. The molecule has 0 aliphatic carbocycles. The molecule has 0 bridgehead atoms. The van der Waals surface area contributed by atoms with Gasteiger partial charge in [-0.3, -0.25) is 0 Å². The lowest BCUT2D eigenvalue weighted by atomic mass is 10.0. The molecule has 0 aliphatic rings. The molecule has 0 heterocycles. The van der Waals surface area contributed by atoms with E-state index in [0.29, 0.717) is 0 Å². The van der Waals surface area contributed by atoms with E-state index in [-0.39, 0.29) is 4.74 Å². The Hall–Kier alpha value is -1.41. The van der Waals surface area contributed by atoms with Crippen molar-refractivity contribution in [2.45, 2.75) is 0 Å². The molecule has 2 aromatic rings. The highest BCUT2D eigenvalue weighted by Crippen LogP contribution is 2.21. The van der Waals surface area contributed by atoms with Crippen molar-refractivity contribution in [3.05, 3.63) is 64.9 Å². The highest BCUT2D eigenvalue weighted by molar-refractivity contribution is 9.11. The molecule has 0 N–H and O–H groups in total. The second-order valence-electron chi connectivity index (χ2n) is 3.42. The fourth-order valence-electron chi connectivity index (χ4n) is 1.53. The molecule has 0 amide bonds. The fraction of sp³-hybridized carbons (Fsp3) is 0. The minimum atomic E-state index is -0.361. The van der Waals surface area contributed by atoms with Crippen LogP contribution in [0.5, 0.6) is 0 Å². The molecule has 2 aromatic carbocycles. The summed E-state index contributed by atoms with van der Waals surface area (Å²) in [6.07, 6.45) is 1.44. The SMILES string of the molecule is F/C(Br)=C\c1ccc(-c2ccccc2)cc1. The van der Waals surface area contributed by atoms with Crippen LogP contribution in [-0.2, 0) is 0 Å². The van der Waals surface area contributed by atoms with E-state index < -0.39 is 0 Å². The molecule has 16 heavy (non-hydrogen) atoms. The monoisotopic (exact) mass is 276 g/mol. The Balaban J connectivity index is 2.30. The van der Waals surface area contributed by atoms with Crippen molar-refractivity contribution in [1.29, 1.82) is 0 Å². The first-order chi connectivity index (χ1) is 7.75. The van der Waals surface area contributed by atoms with E-state index in [9.17, 15) is 4.39 Å². The summed E-state index contributed by atoms with van der Waals surface area (Å²) in [5, 5.41) is 0. The second-order valence-corrected chi connectivity index (χ2v) is 4.18. The lowest BCUT2D eigenvalue weighted by molar-refractivity contribution is 0.712. The van der Waals surface area contributed by atoms with Gasteiger partial charge in [-0.25, -0.2) is 0 Å². The molecular weight excluding hydrogens is 267 g/mol. The maximum absolute atomic E-state index is 12.6. The van der Waals surface area contributed by atoms with Gasteiger partial charge < -0.3 is 0 Å². The van der Waals surface area contributed by atoms with Gasteiger partial charge in [0.25, 0.3) is 0 Å². The van der Waals surface area contributed by atoms with Crippen LogP contribution in [-0.4, -0.2) is 0 Å². The maximum atomic E-state index is 12.6. The summed E-state index contributed by atoms with van der Waals surface area (Å²) in [5.74, 6) is 0. The Bertz CT molecular complexity index is 482. The number of hydrogen-bond donors (Lipinski definition) is 0. The van der Waals surface area contributed by atoms with Gasteiger partial charge in [-0.2, -0.15) is 4.39 Å². The van der Waals surface area contributed by atoms with Gasteiger partial charge in [-0.05, 0) is 38.7 Å². The van der Waals surface area contributed by atoms with Crippen molar-refractivity contribution < 1.29 is 4.39 Å². The second kappa shape index (κ2) is 5.08. The normalized spacial score (nSPS) is 11.5. The van der Waals surface area contributed by atoms with Crippen molar-refractivity contribution in [2.75, 3.05) is 0 Å². The van der Waals surface area contributed by atoms with E-state index in [1.165, 1.54) is 6.08 Å². The summed E-state index contributed by atoms with van der Waals surface area (Å²) in [7, 11) is 0. The predicted molar refractivity (Wildman–Crippen MR) is 69.9 cm³/mol. The molecule has 0 unspecified atom stereocenters. The van der Waals surface area contributed by atoms with Crippen LogP contribution in [0, 0.1) is 0 Å².